The average Bonchev–Trinajstić information content (AvgIpc) is 1.83. The Balaban J connectivity index is 5.35. The van der Waals surface area contributed by atoms with Gasteiger partial charge in [-0.15, -0.1) is 0 Å². The number of ketones is 1. The van der Waals surface area contributed by atoms with Crippen LogP contribution in [0, 0.1) is 0 Å². The molecule has 0 aliphatic rings. The van der Waals surface area contributed by atoms with Crippen LogP contribution in [-0.2, 0) is 19.8 Å². The molecule has 0 atom stereocenters. The van der Waals surface area contributed by atoms with Gasteiger partial charge in [0.2, 0.25) is 4.91 Å². The molecule has 0 saturated heterocycles. The molecule has 9 heteroatoms. The zero-order valence-electron chi connectivity index (χ0n) is 5.55. The molecular weight excluding hydrogens is 220 g/mol. The Morgan fingerprint density at radius 3 is 1.69 bits per heavy atom. The summed E-state index contributed by atoms with van der Waals surface area (Å²) in [5, 5.41) is 0. The van der Waals surface area contributed by atoms with Crippen LogP contribution in [0.4, 0.5) is 17.1 Å². The van der Waals surface area contributed by atoms with Gasteiger partial charge in [-0.1, -0.05) is 3.89 Å². The Morgan fingerprint density at radius 1 is 1.23 bits per heavy atom. The van der Waals surface area contributed by atoms with E-state index >= 15 is 0 Å². The van der Waals surface area contributed by atoms with Crippen molar-refractivity contribution in [1.82, 2.24) is 0 Å². The molecule has 0 aliphatic carbocycles. The fourth-order valence-electron chi connectivity index (χ4n) is 0.336. The minimum atomic E-state index is -5.97. The predicted molar refractivity (Wildman–Crippen MR) is 30.3 cm³/mol. The summed E-state index contributed by atoms with van der Waals surface area (Å²) in [6, 6.07) is 0. The molecule has 0 aromatic rings. The molecule has 0 radical (unpaired) electrons. The second-order valence-electron chi connectivity index (χ2n) is 1.70. The number of Topliss-reactive ketones (excluding diaryl/α,β-unsaturated/α-hetero) is 1. The van der Waals surface area contributed by atoms with Gasteiger partial charge in [0, 0.05) is 0 Å². The normalized spacial score (nSPS) is 12.0. The van der Waals surface area contributed by atoms with E-state index in [1.165, 1.54) is 0 Å². The first-order chi connectivity index (χ1) is 5.60. The number of alkyl halides is 3. The van der Waals surface area contributed by atoms with Crippen molar-refractivity contribution in [1.29, 1.82) is 0 Å². The van der Waals surface area contributed by atoms with Crippen LogP contribution in [-0.4, -0.2) is 26.3 Å². The molecule has 13 heavy (non-hydrogen) atoms. The first-order valence-corrected chi connectivity index (χ1v) is 3.80. The molecule has 0 aromatic heterocycles. The van der Waals surface area contributed by atoms with Crippen molar-refractivity contribution in [3.63, 3.8) is 0 Å². The van der Waals surface area contributed by atoms with Crippen LogP contribution in [0.2, 0.25) is 0 Å². The first kappa shape index (κ1) is 11.8. The highest BCUT2D eigenvalue weighted by atomic mass is 32.3. The van der Waals surface area contributed by atoms with E-state index in [2.05, 4.69) is 0 Å². The van der Waals surface area contributed by atoms with Crippen molar-refractivity contribution < 1.29 is 35.1 Å². The number of hydrogen-bond acceptors (Lipinski definition) is 4. The lowest BCUT2D eigenvalue weighted by Crippen LogP contribution is -2.27. The Kier molecular flexibility index (Phi) is 2.96. The topological polar surface area (TPSA) is 68.3 Å². The largest absolute Gasteiger partial charge is 0.456 e. The maximum atomic E-state index is 11.8. The van der Waals surface area contributed by atoms with E-state index in [0.717, 1.165) is 0 Å². The molecule has 0 spiro atoms. The van der Waals surface area contributed by atoms with Crippen LogP contribution < -0.4 is 0 Å². The molecule has 0 bridgehead atoms. The summed E-state index contributed by atoms with van der Waals surface area (Å²) in [5.74, 6) is -3.00. The fourth-order valence-corrected chi connectivity index (χ4v) is 0.772. The minimum Gasteiger partial charge on any atom is -0.282 e. The summed E-state index contributed by atoms with van der Waals surface area (Å²) >= 11 is 0. The highest BCUT2D eigenvalue weighted by molar-refractivity contribution is 7.91. The predicted octanol–water partition coefficient (Wildman–Crippen LogP) is 0.133. The standard InChI is InChI=1S/C4F4O4S/c5-4(6,7)3(10)2(1-9)13(8,11)12. The average molecular weight is 220 g/mol. The lowest BCUT2D eigenvalue weighted by Gasteiger charge is -2.01. The maximum absolute atomic E-state index is 11.8. The fraction of sp³-hybridized carbons (Fsp3) is 0.250. The molecule has 0 aliphatic heterocycles. The summed E-state index contributed by atoms with van der Waals surface area (Å²) < 4.78 is 65.6. The number of allylic oxidation sites excluding steroid dienone is 1. The van der Waals surface area contributed by atoms with Gasteiger partial charge in [-0.2, -0.15) is 21.6 Å². The Labute approximate surface area is 69.1 Å². The molecule has 0 rings (SSSR count). The van der Waals surface area contributed by atoms with E-state index < -0.39 is 27.1 Å². The molecule has 0 unspecified atom stereocenters. The zero-order chi connectivity index (χ0) is 10.9. The molecule has 0 fully saturated rings. The number of rotatable bonds is 2. The summed E-state index contributed by atoms with van der Waals surface area (Å²) in [7, 11) is -5.97. The van der Waals surface area contributed by atoms with Gasteiger partial charge in [-0.25, -0.2) is 4.79 Å². The van der Waals surface area contributed by atoms with Crippen LogP contribution in [0.5, 0.6) is 0 Å². The van der Waals surface area contributed by atoms with Crippen molar-refractivity contribution in [2.24, 2.45) is 0 Å². The minimum absolute atomic E-state index is 0.0825. The SMILES string of the molecule is O=C=C(C(=O)C(F)(F)F)S(=O)(=O)F. The van der Waals surface area contributed by atoms with E-state index in [9.17, 15) is 35.1 Å². The van der Waals surface area contributed by atoms with Crippen molar-refractivity contribution in [3.05, 3.63) is 4.91 Å². The van der Waals surface area contributed by atoms with Gasteiger partial charge in [0.05, 0.1) is 0 Å². The van der Waals surface area contributed by atoms with Gasteiger partial charge in [0.25, 0.3) is 5.78 Å². The number of carbonyl (C=O) groups is 1. The second-order valence-corrected chi connectivity index (χ2v) is 2.98. The van der Waals surface area contributed by atoms with Gasteiger partial charge in [0.15, 0.2) is 5.94 Å². The van der Waals surface area contributed by atoms with Gasteiger partial charge >= 0.3 is 16.4 Å². The third-order valence-corrected chi connectivity index (χ3v) is 1.56. The lowest BCUT2D eigenvalue weighted by atomic mass is 10.4. The highest BCUT2D eigenvalue weighted by Gasteiger charge is 2.46. The molecule has 4 nitrogen and oxygen atoms in total. The summed E-state index contributed by atoms with van der Waals surface area (Å²) in [6.07, 6.45) is -5.62. The highest BCUT2D eigenvalue weighted by Crippen LogP contribution is 2.22. The lowest BCUT2D eigenvalue weighted by molar-refractivity contribution is -0.165. The van der Waals surface area contributed by atoms with E-state index in [1.54, 1.807) is 0 Å². The smallest absolute Gasteiger partial charge is 0.282 e. The van der Waals surface area contributed by atoms with Gasteiger partial charge in [0.1, 0.15) is 0 Å². The van der Waals surface area contributed by atoms with Crippen LogP contribution >= 0.6 is 0 Å². The molecule has 0 aromatic carbocycles. The monoisotopic (exact) mass is 220 g/mol. The van der Waals surface area contributed by atoms with E-state index in [4.69, 9.17) is 0 Å². The number of hydrogen-bond donors (Lipinski definition) is 0. The molecule has 0 N–H and O–H groups in total. The zero-order valence-corrected chi connectivity index (χ0v) is 6.37. The number of halogens is 4. The summed E-state index contributed by atoms with van der Waals surface area (Å²) in [5.41, 5.74) is 0. The van der Waals surface area contributed by atoms with Gasteiger partial charge < -0.3 is 0 Å². The number of carbonyl (C=O) groups excluding carboxylic acids is 2. The van der Waals surface area contributed by atoms with Crippen molar-refractivity contribution in [2.75, 3.05) is 0 Å². The van der Waals surface area contributed by atoms with Crippen molar-refractivity contribution in [2.45, 2.75) is 6.18 Å². The van der Waals surface area contributed by atoms with Crippen LogP contribution in [0.25, 0.3) is 0 Å². The Bertz CT molecular complexity index is 371. The molecule has 0 saturated carbocycles. The van der Waals surface area contributed by atoms with Crippen LogP contribution in [0.3, 0.4) is 0 Å². The first-order valence-electron chi connectivity index (χ1n) is 2.42. The Morgan fingerprint density at radius 2 is 1.62 bits per heavy atom. The van der Waals surface area contributed by atoms with E-state index in [-0.39, 0.29) is 5.94 Å². The van der Waals surface area contributed by atoms with E-state index in [0.29, 0.717) is 0 Å². The van der Waals surface area contributed by atoms with E-state index in [1.807, 2.05) is 0 Å². The Hall–Kier alpha value is -1.21. The third kappa shape index (κ3) is 2.96. The van der Waals surface area contributed by atoms with Crippen molar-refractivity contribution >= 4 is 21.9 Å². The van der Waals surface area contributed by atoms with Gasteiger partial charge in [-0.05, 0) is 0 Å². The van der Waals surface area contributed by atoms with Crippen LogP contribution in [0.15, 0.2) is 4.91 Å². The third-order valence-electron chi connectivity index (χ3n) is 0.800. The molecule has 0 heterocycles. The quantitative estimate of drug-likeness (QED) is 0.287. The van der Waals surface area contributed by atoms with Crippen molar-refractivity contribution in [3.8, 4) is 0 Å². The summed E-state index contributed by atoms with van der Waals surface area (Å²) in [6.45, 7) is 0. The summed E-state index contributed by atoms with van der Waals surface area (Å²) in [4.78, 5) is 17.0. The van der Waals surface area contributed by atoms with Crippen LogP contribution in [0.1, 0.15) is 0 Å². The molecule has 74 valence electrons. The second kappa shape index (κ2) is 3.27. The van der Waals surface area contributed by atoms with Gasteiger partial charge in [-0.3, -0.25) is 4.79 Å². The molecular formula is C4F4O4S. The maximum Gasteiger partial charge on any atom is 0.456 e. The molecule has 0 amide bonds.